The lowest BCUT2D eigenvalue weighted by atomic mass is 10.0. The second-order valence-corrected chi connectivity index (χ2v) is 5.51. The van der Waals surface area contributed by atoms with Crippen LogP contribution in [0.1, 0.15) is 63.5 Å². The summed E-state index contributed by atoms with van der Waals surface area (Å²) in [6, 6.07) is 4.81. The molecule has 18 heavy (non-hydrogen) atoms. The minimum atomic E-state index is -0.568. The van der Waals surface area contributed by atoms with E-state index in [-0.39, 0.29) is 5.82 Å². The van der Waals surface area contributed by atoms with Gasteiger partial charge in [-0.1, -0.05) is 57.6 Å². The molecule has 0 aliphatic carbocycles. The van der Waals surface area contributed by atoms with Crippen LogP contribution in [0.3, 0.4) is 0 Å². The van der Waals surface area contributed by atoms with Crippen LogP contribution < -0.4 is 0 Å². The van der Waals surface area contributed by atoms with Crippen molar-refractivity contribution in [3.8, 4) is 0 Å². The molecule has 0 aliphatic rings. The van der Waals surface area contributed by atoms with E-state index in [1.54, 1.807) is 12.1 Å². The number of hydrogen-bond donors (Lipinski definition) is 1. The van der Waals surface area contributed by atoms with Gasteiger partial charge in [0.25, 0.3) is 0 Å². The van der Waals surface area contributed by atoms with Gasteiger partial charge in [-0.25, -0.2) is 4.39 Å². The number of hydrogen-bond acceptors (Lipinski definition) is 1. The third-order valence-electron chi connectivity index (χ3n) is 3.17. The minimum Gasteiger partial charge on any atom is -0.388 e. The molecular weight excluding hydrogens is 295 g/mol. The monoisotopic (exact) mass is 316 g/mol. The van der Waals surface area contributed by atoms with E-state index in [2.05, 4.69) is 22.9 Å². The van der Waals surface area contributed by atoms with E-state index < -0.39 is 6.10 Å². The Balaban J connectivity index is 2.32. The molecule has 0 amide bonds. The largest absolute Gasteiger partial charge is 0.388 e. The van der Waals surface area contributed by atoms with Crippen molar-refractivity contribution in [2.75, 3.05) is 0 Å². The molecule has 3 heteroatoms. The maximum atomic E-state index is 13.3. The number of halogens is 2. The maximum absolute atomic E-state index is 13.3. The Labute approximate surface area is 118 Å². The van der Waals surface area contributed by atoms with E-state index in [1.165, 1.54) is 31.7 Å². The van der Waals surface area contributed by atoms with Crippen molar-refractivity contribution in [3.63, 3.8) is 0 Å². The summed E-state index contributed by atoms with van der Waals surface area (Å²) >= 11 is 3.19. The maximum Gasteiger partial charge on any atom is 0.137 e. The zero-order valence-corrected chi connectivity index (χ0v) is 12.5. The van der Waals surface area contributed by atoms with Crippen molar-refractivity contribution in [3.05, 3.63) is 34.1 Å². The first kappa shape index (κ1) is 15.6. The van der Waals surface area contributed by atoms with Gasteiger partial charge in [-0.3, -0.25) is 0 Å². The van der Waals surface area contributed by atoms with Crippen LogP contribution in [0.15, 0.2) is 22.7 Å². The van der Waals surface area contributed by atoms with Crippen molar-refractivity contribution in [2.24, 2.45) is 0 Å². The molecular formula is C15H22BrFO. The van der Waals surface area contributed by atoms with Crippen LogP contribution in [0.5, 0.6) is 0 Å². The first-order valence-electron chi connectivity index (χ1n) is 6.78. The van der Waals surface area contributed by atoms with E-state index in [0.29, 0.717) is 16.5 Å². The van der Waals surface area contributed by atoms with Gasteiger partial charge in [-0.2, -0.15) is 0 Å². The topological polar surface area (TPSA) is 20.2 Å². The molecule has 1 atom stereocenters. The van der Waals surface area contributed by atoms with Crippen LogP contribution in [0.25, 0.3) is 0 Å². The second kappa shape index (κ2) is 8.65. The smallest absolute Gasteiger partial charge is 0.137 e. The molecule has 0 heterocycles. The average molecular weight is 317 g/mol. The molecule has 0 fully saturated rings. The van der Waals surface area contributed by atoms with Crippen molar-refractivity contribution < 1.29 is 9.50 Å². The zero-order chi connectivity index (χ0) is 13.4. The van der Waals surface area contributed by atoms with Gasteiger partial charge in [0.2, 0.25) is 0 Å². The van der Waals surface area contributed by atoms with E-state index in [1.807, 2.05) is 0 Å². The number of benzene rings is 1. The first-order chi connectivity index (χ1) is 8.66. The van der Waals surface area contributed by atoms with Crippen LogP contribution in [0, 0.1) is 5.82 Å². The Bertz CT molecular complexity index is 354. The third-order valence-corrected chi connectivity index (χ3v) is 4.01. The molecule has 1 nitrogen and oxygen atoms in total. The van der Waals surface area contributed by atoms with Gasteiger partial charge in [-0.05, 0) is 34.0 Å². The highest BCUT2D eigenvalue weighted by molar-refractivity contribution is 9.10. The molecule has 0 saturated heterocycles. The van der Waals surface area contributed by atoms with Crippen molar-refractivity contribution >= 4 is 15.9 Å². The molecule has 1 N–H and O–H groups in total. The Hall–Kier alpha value is -0.410. The molecule has 0 aliphatic heterocycles. The highest BCUT2D eigenvalue weighted by atomic mass is 79.9. The second-order valence-electron chi connectivity index (χ2n) is 4.72. The normalized spacial score (nSPS) is 12.7. The highest BCUT2D eigenvalue weighted by Crippen LogP contribution is 2.29. The third kappa shape index (κ3) is 5.07. The van der Waals surface area contributed by atoms with Gasteiger partial charge in [-0.15, -0.1) is 0 Å². The van der Waals surface area contributed by atoms with Crippen molar-refractivity contribution in [2.45, 2.75) is 58.0 Å². The lowest BCUT2D eigenvalue weighted by Crippen LogP contribution is -2.00. The number of unbranched alkanes of at least 4 members (excludes halogenated alkanes) is 5. The Morgan fingerprint density at radius 1 is 1.17 bits per heavy atom. The van der Waals surface area contributed by atoms with Crippen LogP contribution in [0.2, 0.25) is 0 Å². The number of aliphatic hydroxyl groups is 1. The summed E-state index contributed by atoms with van der Waals surface area (Å²) in [5.74, 6) is -0.311. The van der Waals surface area contributed by atoms with E-state index in [4.69, 9.17) is 0 Å². The van der Waals surface area contributed by atoms with E-state index >= 15 is 0 Å². The van der Waals surface area contributed by atoms with Gasteiger partial charge in [0, 0.05) is 0 Å². The molecule has 1 aromatic rings. The summed E-state index contributed by atoms with van der Waals surface area (Å²) in [7, 11) is 0. The number of aliphatic hydroxyl groups excluding tert-OH is 1. The van der Waals surface area contributed by atoms with Gasteiger partial charge < -0.3 is 5.11 Å². The lowest BCUT2D eigenvalue weighted by molar-refractivity contribution is 0.162. The molecule has 0 spiro atoms. The Morgan fingerprint density at radius 3 is 2.56 bits per heavy atom. The molecule has 1 rings (SSSR count). The summed E-state index contributed by atoms with van der Waals surface area (Å²) in [5, 5.41) is 10.0. The molecule has 0 bridgehead atoms. The number of rotatable bonds is 8. The summed E-state index contributed by atoms with van der Waals surface area (Å²) in [6.07, 6.45) is 7.31. The molecule has 0 saturated carbocycles. The highest BCUT2D eigenvalue weighted by Gasteiger charge is 2.13. The summed E-state index contributed by atoms with van der Waals surface area (Å²) in [5.41, 5.74) is 0.656. The predicted octanol–water partition coefficient (Wildman–Crippen LogP) is 5.37. The molecule has 1 aromatic carbocycles. The quantitative estimate of drug-likeness (QED) is 0.639. The standard InChI is InChI=1S/C15H22BrFO/c1-2-3-4-5-6-7-11-14(18)12-9-8-10-13(17)15(12)16/h8-10,14,18H,2-7,11H2,1H3. The Kier molecular flexibility index (Phi) is 7.52. The van der Waals surface area contributed by atoms with E-state index in [9.17, 15) is 9.50 Å². The van der Waals surface area contributed by atoms with Crippen LogP contribution in [0.4, 0.5) is 4.39 Å². The predicted molar refractivity (Wildman–Crippen MR) is 77.1 cm³/mol. The van der Waals surface area contributed by atoms with Gasteiger partial charge >= 0.3 is 0 Å². The fourth-order valence-electron chi connectivity index (χ4n) is 2.05. The molecule has 0 radical (unpaired) electrons. The molecule has 0 aromatic heterocycles. The minimum absolute atomic E-state index is 0.311. The van der Waals surface area contributed by atoms with Crippen LogP contribution in [-0.2, 0) is 0 Å². The zero-order valence-electron chi connectivity index (χ0n) is 11.0. The van der Waals surface area contributed by atoms with Crippen molar-refractivity contribution in [1.82, 2.24) is 0 Å². The fraction of sp³-hybridized carbons (Fsp3) is 0.600. The summed E-state index contributed by atoms with van der Waals surface area (Å²) in [6.45, 7) is 2.20. The average Bonchev–Trinajstić information content (AvgIpc) is 2.36. The fourth-order valence-corrected chi connectivity index (χ4v) is 2.58. The van der Waals surface area contributed by atoms with Gasteiger partial charge in [0.1, 0.15) is 5.82 Å². The van der Waals surface area contributed by atoms with Gasteiger partial charge in [0.05, 0.1) is 10.6 Å². The summed E-state index contributed by atoms with van der Waals surface area (Å²) in [4.78, 5) is 0. The lowest BCUT2D eigenvalue weighted by Gasteiger charge is -2.13. The van der Waals surface area contributed by atoms with E-state index in [0.717, 1.165) is 12.8 Å². The van der Waals surface area contributed by atoms with Crippen LogP contribution >= 0.6 is 15.9 Å². The van der Waals surface area contributed by atoms with Crippen molar-refractivity contribution in [1.29, 1.82) is 0 Å². The van der Waals surface area contributed by atoms with Crippen LogP contribution in [-0.4, -0.2) is 5.11 Å². The molecule has 1 unspecified atom stereocenters. The first-order valence-corrected chi connectivity index (χ1v) is 7.58. The SMILES string of the molecule is CCCCCCCCC(O)c1cccc(F)c1Br. The summed E-state index contributed by atoms with van der Waals surface area (Å²) < 4.78 is 13.7. The molecule has 102 valence electrons. The van der Waals surface area contributed by atoms with Gasteiger partial charge in [0.15, 0.2) is 0 Å². The Morgan fingerprint density at radius 2 is 1.83 bits per heavy atom.